The van der Waals surface area contributed by atoms with Crippen molar-refractivity contribution in [1.29, 1.82) is 0 Å². The third kappa shape index (κ3) is 7.88. The van der Waals surface area contributed by atoms with E-state index in [1.165, 1.54) is 12.1 Å². The summed E-state index contributed by atoms with van der Waals surface area (Å²) in [7, 11) is 1.87. The van der Waals surface area contributed by atoms with E-state index in [-0.39, 0.29) is 12.2 Å². The minimum absolute atomic E-state index is 0.207. The van der Waals surface area contributed by atoms with Crippen LogP contribution in [0, 0.1) is 5.82 Å². The number of nitrogens with one attached hydrogen (secondary N) is 1. The molecule has 21 heavy (non-hydrogen) atoms. The second kappa shape index (κ2) is 8.91. The van der Waals surface area contributed by atoms with Gasteiger partial charge in [-0.25, -0.2) is 9.18 Å². The molecule has 0 aromatic heterocycles. The highest BCUT2D eigenvalue weighted by atomic mass is 19.1. The molecule has 0 radical (unpaired) electrons. The van der Waals surface area contributed by atoms with Gasteiger partial charge < -0.3 is 15.4 Å². The number of primary amides is 1. The van der Waals surface area contributed by atoms with Gasteiger partial charge in [0.15, 0.2) is 0 Å². The molecule has 0 saturated carbocycles. The highest BCUT2D eigenvalue weighted by Gasteiger charge is 2.06. The topological polar surface area (TPSA) is 84.7 Å². The van der Waals surface area contributed by atoms with E-state index >= 15 is 0 Å². The average molecular weight is 297 g/mol. The zero-order chi connectivity index (χ0) is 15.7. The van der Waals surface area contributed by atoms with Crippen LogP contribution >= 0.6 is 0 Å². The summed E-state index contributed by atoms with van der Waals surface area (Å²) in [6.45, 7) is 1.77. The molecule has 0 aliphatic carbocycles. The number of rotatable bonds is 8. The van der Waals surface area contributed by atoms with Crippen LogP contribution in [0.3, 0.4) is 0 Å². The molecule has 116 valence electrons. The molecule has 1 aromatic rings. The summed E-state index contributed by atoms with van der Waals surface area (Å²) in [6, 6.07) is 5.01. The van der Waals surface area contributed by atoms with Crippen LogP contribution in [0.2, 0.25) is 0 Å². The maximum atomic E-state index is 12.7. The number of carbonyl (C=O) groups is 2. The minimum atomic E-state index is -0.838. The number of nitrogens with two attached hydrogens (primary N) is 1. The number of hydrogen-bond donors (Lipinski definition) is 2. The molecule has 0 spiro atoms. The smallest absolute Gasteiger partial charge is 0.318 e. The summed E-state index contributed by atoms with van der Waals surface area (Å²) in [5.41, 5.74) is 4.84. The van der Waals surface area contributed by atoms with Crippen molar-refractivity contribution >= 4 is 11.9 Å². The Morgan fingerprint density at radius 3 is 2.57 bits per heavy atom. The van der Waals surface area contributed by atoms with Crippen LogP contribution in [0.1, 0.15) is 12.8 Å². The van der Waals surface area contributed by atoms with E-state index in [2.05, 4.69) is 0 Å². The van der Waals surface area contributed by atoms with E-state index in [4.69, 9.17) is 10.5 Å². The molecule has 1 rings (SSSR count). The zero-order valence-electron chi connectivity index (χ0n) is 12.0. The van der Waals surface area contributed by atoms with Crippen molar-refractivity contribution in [3.63, 3.8) is 0 Å². The highest BCUT2D eigenvalue weighted by Crippen LogP contribution is 2.11. The van der Waals surface area contributed by atoms with Gasteiger partial charge in [-0.05, 0) is 37.7 Å². The number of hydrogen-bond acceptors (Lipinski definition) is 4. The third-order valence-electron chi connectivity index (χ3n) is 2.75. The molecule has 0 saturated heterocycles. The van der Waals surface area contributed by atoms with Crippen molar-refractivity contribution in [2.75, 3.05) is 26.7 Å². The predicted molar refractivity (Wildman–Crippen MR) is 76.4 cm³/mol. The monoisotopic (exact) mass is 297 g/mol. The van der Waals surface area contributed by atoms with Crippen molar-refractivity contribution in [3.8, 4) is 5.75 Å². The number of halogens is 1. The number of nitrogens with zero attached hydrogens (tertiary/aromatic N) is 1. The van der Waals surface area contributed by atoms with Gasteiger partial charge in [0.05, 0.1) is 6.61 Å². The van der Waals surface area contributed by atoms with Crippen LogP contribution in [0.5, 0.6) is 5.75 Å². The number of amides is 3. The van der Waals surface area contributed by atoms with Crippen molar-refractivity contribution in [2.24, 2.45) is 5.73 Å². The van der Waals surface area contributed by atoms with Crippen LogP contribution in [-0.2, 0) is 4.79 Å². The summed E-state index contributed by atoms with van der Waals surface area (Å²) < 4.78 is 18.1. The first-order valence-corrected chi connectivity index (χ1v) is 6.63. The quantitative estimate of drug-likeness (QED) is 0.704. The van der Waals surface area contributed by atoms with Crippen molar-refractivity contribution in [2.45, 2.75) is 12.8 Å². The van der Waals surface area contributed by atoms with E-state index < -0.39 is 11.9 Å². The van der Waals surface area contributed by atoms with Crippen molar-refractivity contribution in [3.05, 3.63) is 30.1 Å². The first-order chi connectivity index (χ1) is 9.97. The van der Waals surface area contributed by atoms with E-state index in [9.17, 15) is 14.0 Å². The zero-order valence-corrected chi connectivity index (χ0v) is 12.0. The molecule has 7 heteroatoms. The minimum Gasteiger partial charge on any atom is -0.494 e. The second-order valence-electron chi connectivity index (χ2n) is 4.62. The van der Waals surface area contributed by atoms with E-state index in [1.807, 2.05) is 17.3 Å². The summed E-state index contributed by atoms with van der Waals surface area (Å²) in [4.78, 5) is 23.6. The second-order valence-corrected chi connectivity index (χ2v) is 4.62. The average Bonchev–Trinajstić information content (AvgIpc) is 2.42. The molecule has 0 heterocycles. The largest absolute Gasteiger partial charge is 0.494 e. The maximum Gasteiger partial charge on any atom is 0.318 e. The van der Waals surface area contributed by atoms with Gasteiger partial charge in [0, 0.05) is 19.5 Å². The summed E-state index contributed by atoms with van der Waals surface area (Å²) >= 11 is 0. The third-order valence-corrected chi connectivity index (χ3v) is 2.75. The summed E-state index contributed by atoms with van der Waals surface area (Å²) in [5.74, 6) is -0.0619. The van der Waals surface area contributed by atoms with Crippen LogP contribution in [0.15, 0.2) is 24.3 Å². The first kappa shape index (κ1) is 16.9. The number of imide groups is 1. The van der Waals surface area contributed by atoms with Gasteiger partial charge in [0.25, 0.3) is 0 Å². The lowest BCUT2D eigenvalue weighted by molar-refractivity contribution is -0.120. The Morgan fingerprint density at radius 2 is 1.95 bits per heavy atom. The van der Waals surface area contributed by atoms with Crippen LogP contribution in [0.4, 0.5) is 9.18 Å². The lowest BCUT2D eigenvalue weighted by Crippen LogP contribution is -2.37. The molecular formula is C14H20FN3O3. The number of ether oxygens (including phenoxy) is 1. The molecular weight excluding hydrogens is 277 g/mol. The van der Waals surface area contributed by atoms with E-state index in [0.29, 0.717) is 18.9 Å². The van der Waals surface area contributed by atoms with Gasteiger partial charge in [-0.2, -0.15) is 0 Å². The fourth-order valence-corrected chi connectivity index (χ4v) is 1.66. The SMILES string of the molecule is CN(CCCOc1ccc(F)cc1)CCC(=O)NC(N)=O. The van der Waals surface area contributed by atoms with Gasteiger partial charge in [-0.3, -0.25) is 10.1 Å². The molecule has 3 N–H and O–H groups in total. The van der Waals surface area contributed by atoms with Gasteiger partial charge in [-0.15, -0.1) is 0 Å². The molecule has 0 aliphatic rings. The van der Waals surface area contributed by atoms with Crippen LogP contribution in [0.25, 0.3) is 0 Å². The van der Waals surface area contributed by atoms with Crippen molar-refractivity contribution < 1.29 is 18.7 Å². The Balaban J connectivity index is 2.10. The molecule has 1 aromatic carbocycles. The Hall–Kier alpha value is -2.15. The fraction of sp³-hybridized carbons (Fsp3) is 0.429. The molecule has 0 atom stereocenters. The predicted octanol–water partition coefficient (Wildman–Crippen LogP) is 1.11. The van der Waals surface area contributed by atoms with Gasteiger partial charge in [-0.1, -0.05) is 0 Å². The summed E-state index contributed by atoms with van der Waals surface area (Å²) in [6.07, 6.45) is 0.976. The van der Waals surface area contributed by atoms with Gasteiger partial charge in [0.2, 0.25) is 5.91 Å². The Morgan fingerprint density at radius 1 is 1.29 bits per heavy atom. The number of benzene rings is 1. The Kier molecular flexibility index (Phi) is 7.17. The molecule has 0 aliphatic heterocycles. The maximum absolute atomic E-state index is 12.7. The molecule has 0 bridgehead atoms. The first-order valence-electron chi connectivity index (χ1n) is 6.63. The molecule has 0 unspecified atom stereocenters. The normalized spacial score (nSPS) is 10.4. The van der Waals surface area contributed by atoms with E-state index in [0.717, 1.165) is 13.0 Å². The van der Waals surface area contributed by atoms with Gasteiger partial charge in [0.1, 0.15) is 11.6 Å². The van der Waals surface area contributed by atoms with Gasteiger partial charge >= 0.3 is 6.03 Å². The summed E-state index contributed by atoms with van der Waals surface area (Å²) in [5, 5.41) is 2.01. The molecule has 0 fully saturated rings. The standard InChI is InChI=1S/C14H20FN3O3/c1-18(9-7-13(19)17-14(16)20)8-2-10-21-12-5-3-11(15)4-6-12/h3-6H,2,7-10H2,1H3,(H3,16,17,19,20). The Bertz CT molecular complexity index is 465. The number of carbonyl (C=O) groups excluding carboxylic acids is 2. The number of urea groups is 1. The lowest BCUT2D eigenvalue weighted by atomic mass is 10.3. The highest BCUT2D eigenvalue weighted by molar-refractivity contribution is 5.93. The fourth-order valence-electron chi connectivity index (χ4n) is 1.66. The van der Waals surface area contributed by atoms with Crippen molar-refractivity contribution in [1.82, 2.24) is 10.2 Å². The molecule has 3 amide bonds. The lowest BCUT2D eigenvalue weighted by Gasteiger charge is -2.16. The Labute approximate surface area is 123 Å². The van der Waals surface area contributed by atoms with E-state index in [1.54, 1.807) is 12.1 Å². The van der Waals surface area contributed by atoms with Crippen LogP contribution in [-0.4, -0.2) is 43.6 Å². The molecule has 6 nitrogen and oxygen atoms in total. The van der Waals surface area contributed by atoms with Crippen LogP contribution < -0.4 is 15.8 Å².